The summed E-state index contributed by atoms with van der Waals surface area (Å²) in [5.41, 5.74) is 5.79. The quantitative estimate of drug-likeness (QED) is 0.674. The van der Waals surface area contributed by atoms with Gasteiger partial charge in [-0.1, -0.05) is 26.7 Å². The molecule has 0 aliphatic carbocycles. The molecule has 0 heterocycles. The lowest BCUT2D eigenvalue weighted by Crippen LogP contribution is -2.34. The van der Waals surface area contributed by atoms with Crippen molar-refractivity contribution in [3.8, 4) is 0 Å². The van der Waals surface area contributed by atoms with Gasteiger partial charge in [0.2, 0.25) is 0 Å². The maximum atomic E-state index is 5.90. The van der Waals surface area contributed by atoms with Crippen LogP contribution < -0.4 is 5.73 Å². The third kappa shape index (κ3) is 8.88. The number of unbranched alkanes of at least 4 members (excludes halogenated alkanes) is 1. The molecule has 0 spiro atoms. The van der Waals surface area contributed by atoms with Gasteiger partial charge < -0.3 is 10.5 Å². The van der Waals surface area contributed by atoms with Gasteiger partial charge in [0.25, 0.3) is 0 Å². The van der Waals surface area contributed by atoms with Crippen LogP contribution in [0.15, 0.2) is 0 Å². The minimum atomic E-state index is -0.105. The first-order valence-electron chi connectivity index (χ1n) is 6.27. The summed E-state index contributed by atoms with van der Waals surface area (Å²) >= 11 is 0. The SMILES string of the molecule is CCCCC(C)C(C)OCCC(C)(C)N. The molecule has 0 bridgehead atoms. The summed E-state index contributed by atoms with van der Waals surface area (Å²) in [6.45, 7) is 11.5. The molecule has 0 rings (SSSR count). The summed E-state index contributed by atoms with van der Waals surface area (Å²) in [5, 5.41) is 0. The predicted molar refractivity (Wildman–Crippen MR) is 67.0 cm³/mol. The maximum Gasteiger partial charge on any atom is 0.0572 e. The average molecular weight is 215 g/mol. The molecule has 2 nitrogen and oxygen atoms in total. The van der Waals surface area contributed by atoms with Crippen molar-refractivity contribution in [2.45, 2.75) is 71.9 Å². The fraction of sp³-hybridized carbons (Fsp3) is 1.00. The number of hydrogen-bond donors (Lipinski definition) is 1. The molecule has 2 heteroatoms. The molecule has 0 aromatic rings. The third-order valence-electron chi connectivity index (χ3n) is 2.94. The zero-order chi connectivity index (χ0) is 11.9. The van der Waals surface area contributed by atoms with Crippen molar-refractivity contribution >= 4 is 0 Å². The van der Waals surface area contributed by atoms with Crippen molar-refractivity contribution in [1.82, 2.24) is 0 Å². The van der Waals surface area contributed by atoms with Crippen LogP contribution in [0.25, 0.3) is 0 Å². The van der Waals surface area contributed by atoms with Crippen LogP contribution in [0, 0.1) is 5.92 Å². The highest BCUT2D eigenvalue weighted by Crippen LogP contribution is 2.15. The Labute approximate surface area is 95.6 Å². The highest BCUT2D eigenvalue weighted by atomic mass is 16.5. The van der Waals surface area contributed by atoms with E-state index in [-0.39, 0.29) is 5.54 Å². The van der Waals surface area contributed by atoms with Crippen molar-refractivity contribution in [3.05, 3.63) is 0 Å². The Kier molecular flexibility index (Phi) is 7.20. The van der Waals surface area contributed by atoms with Gasteiger partial charge in [-0.15, -0.1) is 0 Å². The van der Waals surface area contributed by atoms with Gasteiger partial charge in [-0.05, 0) is 39.5 Å². The molecule has 0 aliphatic rings. The lowest BCUT2D eigenvalue weighted by atomic mass is 9.99. The number of ether oxygens (including phenoxy) is 1. The molecule has 92 valence electrons. The van der Waals surface area contributed by atoms with Crippen LogP contribution in [0.5, 0.6) is 0 Å². The largest absolute Gasteiger partial charge is 0.378 e. The molecule has 0 aromatic heterocycles. The molecule has 0 saturated heterocycles. The first kappa shape index (κ1) is 14.9. The third-order valence-corrected chi connectivity index (χ3v) is 2.94. The van der Waals surface area contributed by atoms with Crippen molar-refractivity contribution in [3.63, 3.8) is 0 Å². The van der Waals surface area contributed by atoms with E-state index in [1.807, 2.05) is 13.8 Å². The molecule has 2 N–H and O–H groups in total. The van der Waals surface area contributed by atoms with Crippen LogP contribution in [-0.4, -0.2) is 18.2 Å². The number of hydrogen-bond acceptors (Lipinski definition) is 2. The lowest BCUT2D eigenvalue weighted by molar-refractivity contribution is 0.0197. The second-order valence-electron chi connectivity index (χ2n) is 5.43. The number of nitrogens with two attached hydrogens (primary N) is 1. The van der Waals surface area contributed by atoms with Gasteiger partial charge in [-0.2, -0.15) is 0 Å². The zero-order valence-electron chi connectivity index (χ0n) is 11.2. The average Bonchev–Trinajstić information content (AvgIpc) is 2.11. The summed E-state index contributed by atoms with van der Waals surface area (Å²) in [5.74, 6) is 0.658. The molecule has 0 aliphatic heterocycles. The Balaban J connectivity index is 3.59. The van der Waals surface area contributed by atoms with E-state index in [1.54, 1.807) is 0 Å². The molecular formula is C13H29NO. The van der Waals surface area contributed by atoms with Crippen LogP contribution in [-0.2, 0) is 4.74 Å². The van der Waals surface area contributed by atoms with Gasteiger partial charge in [0, 0.05) is 12.1 Å². The van der Waals surface area contributed by atoms with Gasteiger partial charge in [-0.25, -0.2) is 0 Å². The highest BCUT2D eigenvalue weighted by Gasteiger charge is 2.14. The van der Waals surface area contributed by atoms with Crippen LogP contribution in [0.1, 0.15) is 60.3 Å². The van der Waals surface area contributed by atoms with Crippen LogP contribution in [0.3, 0.4) is 0 Å². The normalized spacial score (nSPS) is 16.4. The van der Waals surface area contributed by atoms with Crippen LogP contribution in [0.4, 0.5) is 0 Å². The van der Waals surface area contributed by atoms with Gasteiger partial charge >= 0.3 is 0 Å². The van der Waals surface area contributed by atoms with Gasteiger partial charge in [0.05, 0.1) is 6.10 Å². The molecule has 0 aromatic carbocycles. The fourth-order valence-corrected chi connectivity index (χ4v) is 1.43. The highest BCUT2D eigenvalue weighted by molar-refractivity contribution is 4.71. The lowest BCUT2D eigenvalue weighted by Gasteiger charge is -2.23. The summed E-state index contributed by atoms with van der Waals surface area (Å²) in [7, 11) is 0. The Morgan fingerprint density at radius 2 is 1.87 bits per heavy atom. The molecule has 2 unspecified atom stereocenters. The molecule has 0 radical (unpaired) electrons. The van der Waals surface area contributed by atoms with Crippen molar-refractivity contribution in [2.24, 2.45) is 11.7 Å². The van der Waals surface area contributed by atoms with E-state index in [4.69, 9.17) is 10.5 Å². The first-order chi connectivity index (χ1) is 6.87. The zero-order valence-corrected chi connectivity index (χ0v) is 11.2. The second kappa shape index (κ2) is 7.24. The Morgan fingerprint density at radius 3 is 2.33 bits per heavy atom. The van der Waals surface area contributed by atoms with Crippen LogP contribution >= 0.6 is 0 Å². The van der Waals surface area contributed by atoms with Gasteiger partial charge in [0.1, 0.15) is 0 Å². The van der Waals surface area contributed by atoms with E-state index < -0.39 is 0 Å². The van der Waals surface area contributed by atoms with E-state index in [0.717, 1.165) is 13.0 Å². The molecule has 15 heavy (non-hydrogen) atoms. The molecular weight excluding hydrogens is 186 g/mol. The Morgan fingerprint density at radius 1 is 1.27 bits per heavy atom. The molecule has 2 atom stereocenters. The van der Waals surface area contributed by atoms with Gasteiger partial charge in [-0.3, -0.25) is 0 Å². The minimum absolute atomic E-state index is 0.105. The monoisotopic (exact) mass is 215 g/mol. The van der Waals surface area contributed by atoms with E-state index in [9.17, 15) is 0 Å². The van der Waals surface area contributed by atoms with E-state index in [2.05, 4.69) is 20.8 Å². The van der Waals surface area contributed by atoms with E-state index in [0.29, 0.717) is 12.0 Å². The molecule has 0 saturated carbocycles. The fourth-order valence-electron chi connectivity index (χ4n) is 1.43. The van der Waals surface area contributed by atoms with Crippen molar-refractivity contribution in [2.75, 3.05) is 6.61 Å². The van der Waals surface area contributed by atoms with Crippen molar-refractivity contribution < 1.29 is 4.74 Å². The second-order valence-corrected chi connectivity index (χ2v) is 5.43. The Bertz CT molecular complexity index is 151. The van der Waals surface area contributed by atoms with Crippen LogP contribution in [0.2, 0.25) is 0 Å². The van der Waals surface area contributed by atoms with E-state index >= 15 is 0 Å². The standard InChI is InChI=1S/C13H29NO/c1-6-7-8-11(2)12(3)15-10-9-13(4,5)14/h11-12H,6-10,14H2,1-5H3. The van der Waals surface area contributed by atoms with E-state index in [1.165, 1.54) is 19.3 Å². The predicted octanol–water partition coefficient (Wildman–Crippen LogP) is 3.35. The Hall–Kier alpha value is -0.0800. The number of rotatable bonds is 8. The topological polar surface area (TPSA) is 35.2 Å². The first-order valence-corrected chi connectivity index (χ1v) is 6.27. The molecule has 0 amide bonds. The summed E-state index contributed by atoms with van der Waals surface area (Å²) in [6, 6.07) is 0. The smallest absolute Gasteiger partial charge is 0.0572 e. The maximum absolute atomic E-state index is 5.90. The summed E-state index contributed by atoms with van der Waals surface area (Å²) < 4.78 is 5.80. The summed E-state index contributed by atoms with van der Waals surface area (Å²) in [6.07, 6.45) is 5.13. The summed E-state index contributed by atoms with van der Waals surface area (Å²) in [4.78, 5) is 0. The minimum Gasteiger partial charge on any atom is -0.378 e. The van der Waals surface area contributed by atoms with Gasteiger partial charge in [0.15, 0.2) is 0 Å². The van der Waals surface area contributed by atoms with Crippen molar-refractivity contribution in [1.29, 1.82) is 0 Å². The molecule has 0 fully saturated rings.